The molecule has 0 aliphatic heterocycles. The lowest BCUT2D eigenvalue weighted by Gasteiger charge is -2.18. The fourth-order valence-electron chi connectivity index (χ4n) is 3.59. The van der Waals surface area contributed by atoms with E-state index in [1.54, 1.807) is 0 Å². The molecule has 0 aliphatic carbocycles. The molecule has 0 heterocycles. The van der Waals surface area contributed by atoms with E-state index in [4.69, 9.17) is 0 Å². The van der Waals surface area contributed by atoms with Gasteiger partial charge in [-0.05, 0) is 36.8 Å². The van der Waals surface area contributed by atoms with Crippen molar-refractivity contribution in [2.75, 3.05) is 0 Å². The molecule has 0 spiro atoms. The molecule has 2 aromatic carbocycles. The van der Waals surface area contributed by atoms with Crippen molar-refractivity contribution in [2.24, 2.45) is 0 Å². The first kappa shape index (κ1) is 27.6. The van der Waals surface area contributed by atoms with Crippen LogP contribution >= 0.6 is 0 Å². The first-order valence-corrected chi connectivity index (χ1v) is 11.2. The van der Waals surface area contributed by atoms with E-state index in [1.807, 2.05) is 13.8 Å². The first-order valence-electron chi connectivity index (χ1n) is 11.2. The van der Waals surface area contributed by atoms with Gasteiger partial charge in [0, 0.05) is 12.1 Å². The van der Waals surface area contributed by atoms with Crippen LogP contribution in [0.3, 0.4) is 0 Å². The molecule has 0 bridgehead atoms. The second-order valence-corrected chi connectivity index (χ2v) is 7.91. The Balaban J connectivity index is 2.87. The molecular weight excluding hydrogens is 464 g/mol. The SMILES string of the molecule is CCCCC/C=C(/C(=C/CCCCC)c1c(F)c(F)cc(F)c1F)c1c(F)c(F)cc(F)c1F. The summed E-state index contributed by atoms with van der Waals surface area (Å²) in [5.74, 6) is -14.0. The molecule has 0 aromatic heterocycles. The van der Waals surface area contributed by atoms with E-state index >= 15 is 0 Å². The lowest BCUT2D eigenvalue weighted by molar-refractivity contribution is 0.448. The van der Waals surface area contributed by atoms with Crippen molar-refractivity contribution in [2.45, 2.75) is 65.2 Å². The minimum absolute atomic E-state index is 0.0104. The summed E-state index contributed by atoms with van der Waals surface area (Å²) in [4.78, 5) is 0. The van der Waals surface area contributed by atoms with E-state index in [-0.39, 0.29) is 25.0 Å². The normalized spacial score (nSPS) is 12.5. The minimum atomic E-state index is -1.78. The molecule has 2 aromatic rings. The molecule has 34 heavy (non-hydrogen) atoms. The minimum Gasteiger partial charge on any atom is -0.204 e. The Morgan fingerprint density at radius 1 is 0.529 bits per heavy atom. The van der Waals surface area contributed by atoms with Gasteiger partial charge in [-0.2, -0.15) is 0 Å². The molecule has 2 rings (SSSR count). The molecule has 0 radical (unpaired) electrons. The number of unbranched alkanes of at least 4 members (excludes halogenated alkanes) is 6. The maximum Gasteiger partial charge on any atom is 0.169 e. The Bertz CT molecular complexity index is 931. The maximum absolute atomic E-state index is 14.8. The fraction of sp³-hybridized carbons (Fsp3) is 0.385. The number of allylic oxidation sites excluding steroid dienone is 4. The molecule has 0 N–H and O–H groups in total. The van der Waals surface area contributed by atoms with Gasteiger partial charge in [-0.15, -0.1) is 0 Å². The number of benzene rings is 2. The molecule has 0 saturated carbocycles. The van der Waals surface area contributed by atoms with E-state index in [0.717, 1.165) is 12.8 Å². The van der Waals surface area contributed by atoms with Crippen LogP contribution in [0.5, 0.6) is 0 Å². The van der Waals surface area contributed by atoms with Crippen molar-refractivity contribution in [3.63, 3.8) is 0 Å². The summed E-state index contributed by atoms with van der Waals surface area (Å²) in [6, 6.07) is 0.0209. The summed E-state index contributed by atoms with van der Waals surface area (Å²) in [6.45, 7) is 3.79. The largest absolute Gasteiger partial charge is 0.204 e. The Labute approximate surface area is 194 Å². The van der Waals surface area contributed by atoms with E-state index < -0.39 is 68.8 Å². The predicted molar refractivity (Wildman–Crippen MR) is 117 cm³/mol. The van der Waals surface area contributed by atoms with Crippen molar-refractivity contribution >= 4 is 11.1 Å². The molecule has 0 fully saturated rings. The zero-order valence-corrected chi connectivity index (χ0v) is 19.0. The van der Waals surface area contributed by atoms with Gasteiger partial charge in [0.05, 0.1) is 11.1 Å². The highest BCUT2D eigenvalue weighted by Gasteiger charge is 2.29. The van der Waals surface area contributed by atoms with Gasteiger partial charge in [0.1, 0.15) is 0 Å². The molecule has 0 nitrogen and oxygen atoms in total. The quantitative estimate of drug-likeness (QED) is 0.127. The van der Waals surface area contributed by atoms with Gasteiger partial charge in [-0.3, -0.25) is 0 Å². The van der Waals surface area contributed by atoms with E-state index in [2.05, 4.69) is 0 Å². The topological polar surface area (TPSA) is 0 Å². The van der Waals surface area contributed by atoms with Crippen molar-refractivity contribution in [3.8, 4) is 0 Å². The highest BCUT2D eigenvalue weighted by molar-refractivity contribution is 6.05. The van der Waals surface area contributed by atoms with E-state index in [1.165, 1.54) is 12.2 Å². The Kier molecular flexibility index (Phi) is 10.3. The number of hydrogen-bond donors (Lipinski definition) is 0. The summed E-state index contributed by atoms with van der Waals surface area (Å²) < 4.78 is 115. The van der Waals surface area contributed by atoms with Gasteiger partial charge in [-0.1, -0.05) is 51.7 Å². The van der Waals surface area contributed by atoms with E-state index in [9.17, 15) is 35.1 Å². The summed E-state index contributed by atoms with van der Waals surface area (Å²) >= 11 is 0. The van der Waals surface area contributed by atoms with Crippen LogP contribution in [-0.4, -0.2) is 0 Å². The zero-order valence-electron chi connectivity index (χ0n) is 19.0. The third-order valence-electron chi connectivity index (χ3n) is 5.36. The average molecular weight is 490 g/mol. The lowest BCUT2D eigenvalue weighted by atomic mass is 9.88. The van der Waals surface area contributed by atoms with E-state index in [0.29, 0.717) is 25.7 Å². The van der Waals surface area contributed by atoms with Crippen molar-refractivity contribution in [1.82, 2.24) is 0 Å². The predicted octanol–water partition coefficient (Wildman–Crippen LogP) is 9.43. The van der Waals surface area contributed by atoms with Crippen LogP contribution in [0.1, 0.15) is 76.3 Å². The Morgan fingerprint density at radius 3 is 1.09 bits per heavy atom. The summed E-state index contributed by atoms with van der Waals surface area (Å²) in [7, 11) is 0. The summed E-state index contributed by atoms with van der Waals surface area (Å²) in [5, 5.41) is 0. The third kappa shape index (κ3) is 6.27. The van der Waals surface area contributed by atoms with Gasteiger partial charge < -0.3 is 0 Å². The van der Waals surface area contributed by atoms with Crippen LogP contribution in [0.2, 0.25) is 0 Å². The van der Waals surface area contributed by atoms with Crippen LogP contribution < -0.4 is 0 Å². The van der Waals surface area contributed by atoms with Crippen LogP contribution in [-0.2, 0) is 0 Å². The van der Waals surface area contributed by atoms with Gasteiger partial charge in [0.15, 0.2) is 46.5 Å². The summed E-state index contributed by atoms with van der Waals surface area (Å²) in [5.41, 5.74) is -3.55. The number of hydrogen-bond acceptors (Lipinski definition) is 0. The fourth-order valence-corrected chi connectivity index (χ4v) is 3.59. The Morgan fingerprint density at radius 2 is 0.824 bits per heavy atom. The van der Waals surface area contributed by atoms with Crippen molar-refractivity contribution in [3.05, 3.63) is 81.9 Å². The number of rotatable bonds is 11. The molecule has 186 valence electrons. The van der Waals surface area contributed by atoms with Gasteiger partial charge >= 0.3 is 0 Å². The smallest absolute Gasteiger partial charge is 0.169 e. The van der Waals surface area contributed by atoms with Gasteiger partial charge in [0.2, 0.25) is 0 Å². The molecule has 0 atom stereocenters. The van der Waals surface area contributed by atoms with Crippen LogP contribution in [0, 0.1) is 46.5 Å². The lowest BCUT2D eigenvalue weighted by Crippen LogP contribution is -2.08. The molecule has 8 heteroatoms. The molecule has 0 aliphatic rings. The Hall–Kier alpha value is -2.64. The first-order chi connectivity index (χ1) is 16.1. The molecule has 0 saturated heterocycles. The van der Waals surface area contributed by atoms with Gasteiger partial charge in [-0.25, -0.2) is 35.1 Å². The van der Waals surface area contributed by atoms with Crippen molar-refractivity contribution < 1.29 is 35.1 Å². The monoisotopic (exact) mass is 490 g/mol. The van der Waals surface area contributed by atoms with Crippen LogP contribution in [0.15, 0.2) is 24.3 Å². The standard InChI is InChI=1S/C26H26F8/c1-3-5-7-9-11-15(21-23(31)17(27)13-18(28)24(21)32)16(12-10-8-6-4-2)22-25(33)19(29)14-20(30)26(22)34/h11-14H,3-10H2,1-2H3/b15-11-,16-12-. The van der Waals surface area contributed by atoms with Crippen LogP contribution in [0.25, 0.3) is 11.1 Å². The molecule has 0 amide bonds. The second kappa shape index (κ2) is 12.7. The second-order valence-electron chi connectivity index (χ2n) is 7.91. The molecular formula is C26H26F8. The maximum atomic E-state index is 14.8. The third-order valence-corrected chi connectivity index (χ3v) is 5.36. The highest BCUT2D eigenvalue weighted by Crippen LogP contribution is 2.40. The number of halogens is 8. The summed E-state index contributed by atoms with van der Waals surface area (Å²) in [6.07, 6.45) is 6.56. The van der Waals surface area contributed by atoms with Gasteiger partial charge in [0.25, 0.3) is 0 Å². The highest BCUT2D eigenvalue weighted by atomic mass is 19.2. The zero-order chi connectivity index (χ0) is 25.4. The molecule has 0 unspecified atom stereocenters. The van der Waals surface area contributed by atoms with Crippen molar-refractivity contribution in [1.29, 1.82) is 0 Å². The average Bonchev–Trinajstić information content (AvgIpc) is 2.80. The van der Waals surface area contributed by atoms with Crippen LogP contribution in [0.4, 0.5) is 35.1 Å².